The van der Waals surface area contributed by atoms with Crippen LogP contribution < -0.4 is 20.1 Å². The number of amides is 1. The summed E-state index contributed by atoms with van der Waals surface area (Å²) in [6, 6.07) is 7.32. The van der Waals surface area contributed by atoms with Gasteiger partial charge in [0, 0.05) is 6.07 Å². The van der Waals surface area contributed by atoms with E-state index in [1.54, 1.807) is 6.07 Å². The number of nitrogens with one attached hydrogen (secondary N) is 2. The lowest BCUT2D eigenvalue weighted by Crippen LogP contribution is -2.22. The number of hydrogen-bond acceptors (Lipinski definition) is 7. The van der Waals surface area contributed by atoms with Crippen LogP contribution in [0.2, 0.25) is 5.02 Å². The lowest BCUT2D eigenvalue weighted by Gasteiger charge is -2.14. The highest BCUT2D eigenvalue weighted by Gasteiger charge is 2.13. The Morgan fingerprint density at radius 3 is 2.64 bits per heavy atom. The van der Waals surface area contributed by atoms with E-state index >= 15 is 0 Å². The maximum Gasteiger partial charge on any atom is 0.243 e. The molecule has 0 aliphatic rings. The molecule has 0 saturated heterocycles. The fourth-order valence-corrected chi connectivity index (χ4v) is 2.64. The molecular weight excluding hydrogens is 391 g/mol. The van der Waals surface area contributed by atoms with Gasteiger partial charge < -0.3 is 20.1 Å². The molecule has 0 saturated carbocycles. The number of tetrazole rings is 1. The second kappa shape index (κ2) is 8.53. The van der Waals surface area contributed by atoms with Crippen LogP contribution >= 0.6 is 11.6 Å². The Labute approximate surface area is 164 Å². The molecule has 146 valence electrons. The summed E-state index contributed by atoms with van der Waals surface area (Å²) in [4.78, 5) is 12.3. The summed E-state index contributed by atoms with van der Waals surface area (Å²) in [6.45, 7) is -0.192. The topological polar surface area (TPSA) is 103 Å². The van der Waals surface area contributed by atoms with Crippen LogP contribution in [0.1, 0.15) is 0 Å². The number of ether oxygens (including phenoxy) is 2. The summed E-state index contributed by atoms with van der Waals surface area (Å²) in [6.07, 6.45) is 1.38. The molecule has 0 atom stereocenters. The molecule has 1 amide bonds. The first-order valence-corrected chi connectivity index (χ1v) is 8.37. The molecule has 0 aliphatic carbocycles. The molecule has 28 heavy (non-hydrogen) atoms. The maximum atomic E-state index is 14.0. The summed E-state index contributed by atoms with van der Waals surface area (Å²) < 4.78 is 25.7. The van der Waals surface area contributed by atoms with Crippen molar-refractivity contribution in [2.75, 3.05) is 31.4 Å². The van der Waals surface area contributed by atoms with Crippen LogP contribution in [0.4, 0.5) is 15.8 Å². The van der Waals surface area contributed by atoms with E-state index < -0.39 is 11.7 Å². The smallest absolute Gasteiger partial charge is 0.243 e. The first-order valence-electron chi connectivity index (χ1n) is 8.00. The van der Waals surface area contributed by atoms with Crippen LogP contribution in [0.15, 0.2) is 36.7 Å². The number of benzene rings is 2. The minimum absolute atomic E-state index is 0.128. The first kappa shape index (κ1) is 19.4. The Morgan fingerprint density at radius 1 is 1.18 bits per heavy atom. The van der Waals surface area contributed by atoms with Gasteiger partial charge in [-0.3, -0.25) is 4.79 Å². The lowest BCUT2D eigenvalue weighted by atomic mass is 10.2. The number of aromatic nitrogens is 4. The summed E-state index contributed by atoms with van der Waals surface area (Å²) in [5, 5.41) is 16.5. The van der Waals surface area contributed by atoms with Crippen LogP contribution in [0, 0.1) is 5.82 Å². The third-order valence-electron chi connectivity index (χ3n) is 3.75. The molecule has 9 nitrogen and oxygen atoms in total. The normalized spacial score (nSPS) is 10.4. The number of carbonyl (C=O) groups is 1. The van der Waals surface area contributed by atoms with E-state index in [1.165, 1.54) is 49.5 Å². The van der Waals surface area contributed by atoms with Crippen molar-refractivity contribution < 1.29 is 18.7 Å². The average Bonchev–Trinajstić information content (AvgIpc) is 3.22. The quantitative estimate of drug-likeness (QED) is 0.621. The lowest BCUT2D eigenvalue weighted by molar-refractivity contribution is -0.114. The Morgan fingerprint density at radius 2 is 1.96 bits per heavy atom. The van der Waals surface area contributed by atoms with Gasteiger partial charge in [0.2, 0.25) is 5.91 Å². The van der Waals surface area contributed by atoms with Gasteiger partial charge in [0.05, 0.1) is 42.8 Å². The van der Waals surface area contributed by atoms with E-state index in [2.05, 4.69) is 26.2 Å². The van der Waals surface area contributed by atoms with Crippen molar-refractivity contribution in [2.24, 2.45) is 0 Å². The zero-order valence-corrected chi connectivity index (χ0v) is 15.7. The Kier molecular flexibility index (Phi) is 5.90. The van der Waals surface area contributed by atoms with Crippen molar-refractivity contribution >= 4 is 28.9 Å². The molecule has 0 unspecified atom stereocenters. The third-order valence-corrected chi connectivity index (χ3v) is 4.05. The molecule has 3 rings (SSSR count). The number of halogens is 2. The molecule has 0 bridgehead atoms. The number of methoxy groups -OCH3 is 2. The molecule has 1 aromatic heterocycles. The van der Waals surface area contributed by atoms with E-state index in [0.717, 1.165) is 0 Å². The molecule has 1 heterocycles. The first-order chi connectivity index (χ1) is 13.5. The summed E-state index contributed by atoms with van der Waals surface area (Å²) in [5.41, 5.74) is 1.03. The summed E-state index contributed by atoms with van der Waals surface area (Å²) >= 11 is 6.09. The molecule has 0 spiro atoms. The number of anilines is 2. The number of nitrogens with zero attached hydrogens (tertiary/aromatic N) is 4. The molecule has 0 aliphatic heterocycles. The minimum atomic E-state index is -0.519. The summed E-state index contributed by atoms with van der Waals surface area (Å²) in [7, 11) is 2.93. The van der Waals surface area contributed by atoms with Crippen LogP contribution in [0.5, 0.6) is 11.5 Å². The van der Waals surface area contributed by atoms with Crippen LogP contribution in [-0.4, -0.2) is 46.9 Å². The van der Waals surface area contributed by atoms with Crippen molar-refractivity contribution in [1.29, 1.82) is 0 Å². The molecular formula is C17H16ClFN6O3. The highest BCUT2D eigenvalue weighted by atomic mass is 35.5. The molecule has 3 aromatic rings. The van der Waals surface area contributed by atoms with Crippen molar-refractivity contribution in [2.45, 2.75) is 0 Å². The van der Waals surface area contributed by atoms with Gasteiger partial charge in [-0.2, -0.15) is 0 Å². The number of rotatable bonds is 7. The van der Waals surface area contributed by atoms with Crippen molar-refractivity contribution in [3.8, 4) is 17.2 Å². The zero-order valence-electron chi connectivity index (χ0n) is 14.9. The molecule has 2 N–H and O–H groups in total. The van der Waals surface area contributed by atoms with E-state index in [0.29, 0.717) is 27.9 Å². The molecule has 2 aromatic carbocycles. The summed E-state index contributed by atoms with van der Waals surface area (Å²) in [5.74, 6) is -0.154. The van der Waals surface area contributed by atoms with Gasteiger partial charge in [-0.05, 0) is 34.7 Å². The average molecular weight is 407 g/mol. The number of carbonyl (C=O) groups excluding carboxylic acids is 1. The van der Waals surface area contributed by atoms with Crippen LogP contribution in [0.25, 0.3) is 5.69 Å². The van der Waals surface area contributed by atoms with E-state index in [-0.39, 0.29) is 12.2 Å². The van der Waals surface area contributed by atoms with Gasteiger partial charge >= 0.3 is 0 Å². The van der Waals surface area contributed by atoms with Gasteiger partial charge in [0.25, 0.3) is 0 Å². The standard InChI is InChI=1S/C17H16ClFN6O3/c1-27-15-7-16(28-2)14(6-11(15)18)22-17(26)8-20-13-5-10(3-4-12(13)19)25-9-21-23-24-25/h3-7,9,20H,8H2,1-2H3,(H,22,26). The Bertz CT molecular complexity index is 983. The van der Waals surface area contributed by atoms with Gasteiger partial charge in [0.1, 0.15) is 23.6 Å². The number of hydrogen-bond donors (Lipinski definition) is 2. The second-order valence-electron chi connectivity index (χ2n) is 5.51. The molecule has 0 radical (unpaired) electrons. The predicted octanol–water partition coefficient (Wildman–Crippen LogP) is 2.52. The SMILES string of the molecule is COc1cc(OC)c(NC(=O)CNc2cc(-n3cnnn3)ccc2F)cc1Cl. The van der Waals surface area contributed by atoms with Gasteiger partial charge in [-0.25, -0.2) is 9.07 Å². The zero-order chi connectivity index (χ0) is 20.1. The fraction of sp³-hybridized carbons (Fsp3) is 0.176. The van der Waals surface area contributed by atoms with Crippen molar-refractivity contribution in [1.82, 2.24) is 20.2 Å². The van der Waals surface area contributed by atoms with Crippen molar-refractivity contribution in [3.63, 3.8) is 0 Å². The van der Waals surface area contributed by atoms with E-state index in [4.69, 9.17) is 21.1 Å². The highest BCUT2D eigenvalue weighted by Crippen LogP contribution is 2.35. The maximum absolute atomic E-state index is 14.0. The Hall–Kier alpha value is -3.40. The second-order valence-corrected chi connectivity index (χ2v) is 5.91. The monoisotopic (exact) mass is 406 g/mol. The van der Waals surface area contributed by atoms with Crippen molar-refractivity contribution in [3.05, 3.63) is 47.5 Å². The largest absolute Gasteiger partial charge is 0.495 e. The van der Waals surface area contributed by atoms with Crippen LogP contribution in [0.3, 0.4) is 0 Å². The third kappa shape index (κ3) is 4.29. The van der Waals surface area contributed by atoms with Gasteiger partial charge in [-0.1, -0.05) is 11.6 Å². The molecule has 11 heteroatoms. The highest BCUT2D eigenvalue weighted by molar-refractivity contribution is 6.32. The van der Waals surface area contributed by atoms with Gasteiger partial charge in [-0.15, -0.1) is 5.10 Å². The predicted molar refractivity (Wildman–Crippen MR) is 101 cm³/mol. The molecule has 0 fully saturated rings. The van der Waals surface area contributed by atoms with E-state index in [9.17, 15) is 9.18 Å². The minimum Gasteiger partial charge on any atom is -0.495 e. The van der Waals surface area contributed by atoms with Gasteiger partial charge in [0.15, 0.2) is 0 Å². The fourth-order valence-electron chi connectivity index (χ4n) is 2.40. The Balaban J connectivity index is 1.70. The van der Waals surface area contributed by atoms with E-state index in [1.807, 2.05) is 0 Å². The van der Waals surface area contributed by atoms with Crippen LogP contribution in [-0.2, 0) is 4.79 Å².